The fourth-order valence-electron chi connectivity index (χ4n) is 2.53. The second-order valence-electron chi connectivity index (χ2n) is 5.77. The molecule has 0 aliphatic heterocycles. The standard InChI is InChI=1S/C20H15N3O8/c1-28-19(24)12-7-3-5-9-14(12)30-17-16(23(26)27)18(22-11-21-17)31-15-10-6-4-8-13(15)20(25)29-2/h3-11H,1-2H3. The third kappa shape index (κ3) is 4.56. The van der Waals surface area contributed by atoms with Gasteiger partial charge in [0.25, 0.3) is 0 Å². The topological polar surface area (TPSA) is 140 Å². The van der Waals surface area contributed by atoms with E-state index in [1.165, 1.54) is 38.5 Å². The maximum Gasteiger partial charge on any atom is 0.393 e. The number of nitro groups is 1. The summed E-state index contributed by atoms with van der Waals surface area (Å²) in [5, 5.41) is 11.8. The van der Waals surface area contributed by atoms with Crippen molar-refractivity contribution in [1.29, 1.82) is 0 Å². The van der Waals surface area contributed by atoms with Gasteiger partial charge in [0.05, 0.1) is 19.1 Å². The third-order valence-corrected chi connectivity index (χ3v) is 3.94. The normalized spacial score (nSPS) is 10.1. The number of carbonyl (C=O) groups is 2. The minimum atomic E-state index is -0.799. The Morgan fingerprint density at radius 2 is 1.23 bits per heavy atom. The lowest BCUT2D eigenvalue weighted by atomic mass is 10.2. The van der Waals surface area contributed by atoms with Crippen LogP contribution in [0, 0.1) is 10.1 Å². The molecule has 1 heterocycles. The van der Waals surface area contributed by atoms with Gasteiger partial charge in [-0.15, -0.1) is 0 Å². The summed E-state index contributed by atoms with van der Waals surface area (Å²) >= 11 is 0. The van der Waals surface area contributed by atoms with Gasteiger partial charge in [-0.3, -0.25) is 10.1 Å². The minimum absolute atomic E-state index is 0.0166. The quantitative estimate of drug-likeness (QED) is 0.313. The molecule has 0 N–H and O–H groups in total. The van der Waals surface area contributed by atoms with Gasteiger partial charge < -0.3 is 18.9 Å². The van der Waals surface area contributed by atoms with Crippen molar-refractivity contribution in [3.05, 3.63) is 76.1 Å². The van der Waals surface area contributed by atoms with Crippen molar-refractivity contribution in [3.63, 3.8) is 0 Å². The zero-order valence-electron chi connectivity index (χ0n) is 16.3. The molecule has 0 fully saturated rings. The molecule has 3 rings (SSSR count). The smallest absolute Gasteiger partial charge is 0.393 e. The highest BCUT2D eigenvalue weighted by Crippen LogP contribution is 2.39. The first-order valence-electron chi connectivity index (χ1n) is 8.66. The molecule has 0 unspecified atom stereocenters. The molecule has 11 nitrogen and oxygen atoms in total. The number of nitrogens with zero attached hydrogens (tertiary/aromatic N) is 3. The molecule has 0 aliphatic carbocycles. The molecule has 1 aromatic heterocycles. The SMILES string of the molecule is COC(=O)c1ccccc1Oc1ncnc(Oc2ccccc2C(=O)OC)c1[N+](=O)[O-]. The molecule has 11 heteroatoms. The van der Waals surface area contributed by atoms with E-state index in [1.807, 2.05) is 0 Å². The lowest BCUT2D eigenvalue weighted by Gasteiger charge is -2.12. The maximum atomic E-state index is 11.9. The van der Waals surface area contributed by atoms with Crippen molar-refractivity contribution < 1.29 is 33.5 Å². The molecular formula is C20H15N3O8. The Hall–Kier alpha value is -4.54. The molecule has 0 atom stereocenters. The fourth-order valence-corrected chi connectivity index (χ4v) is 2.53. The van der Waals surface area contributed by atoms with Gasteiger partial charge in [0.2, 0.25) is 0 Å². The molecule has 0 spiro atoms. The highest BCUT2D eigenvalue weighted by Gasteiger charge is 2.29. The van der Waals surface area contributed by atoms with Gasteiger partial charge >= 0.3 is 29.4 Å². The van der Waals surface area contributed by atoms with Crippen molar-refractivity contribution >= 4 is 17.6 Å². The molecule has 31 heavy (non-hydrogen) atoms. The Bertz CT molecular complexity index is 1070. The number of rotatable bonds is 7. The van der Waals surface area contributed by atoms with E-state index in [4.69, 9.17) is 9.47 Å². The van der Waals surface area contributed by atoms with Crippen molar-refractivity contribution in [2.45, 2.75) is 0 Å². The monoisotopic (exact) mass is 425 g/mol. The van der Waals surface area contributed by atoms with E-state index < -0.39 is 34.3 Å². The Kier molecular flexibility index (Phi) is 6.36. The number of carbonyl (C=O) groups excluding carboxylic acids is 2. The highest BCUT2D eigenvalue weighted by atomic mass is 16.6. The number of benzene rings is 2. The second-order valence-corrected chi connectivity index (χ2v) is 5.77. The van der Waals surface area contributed by atoms with Crippen LogP contribution in [0.1, 0.15) is 20.7 Å². The number of hydrogen-bond acceptors (Lipinski definition) is 10. The molecular weight excluding hydrogens is 410 g/mol. The van der Waals surface area contributed by atoms with E-state index in [0.29, 0.717) is 0 Å². The van der Waals surface area contributed by atoms with Gasteiger partial charge in [-0.25, -0.2) is 9.59 Å². The molecule has 0 amide bonds. The highest BCUT2D eigenvalue weighted by molar-refractivity contribution is 5.93. The van der Waals surface area contributed by atoms with Crippen LogP contribution in [0.25, 0.3) is 0 Å². The lowest BCUT2D eigenvalue weighted by molar-refractivity contribution is -0.387. The van der Waals surface area contributed by atoms with Gasteiger partial charge in [0.15, 0.2) is 0 Å². The Morgan fingerprint density at radius 1 is 0.806 bits per heavy atom. The van der Waals surface area contributed by atoms with Crippen LogP contribution in [-0.4, -0.2) is 41.0 Å². The van der Waals surface area contributed by atoms with Gasteiger partial charge in [-0.1, -0.05) is 24.3 Å². The molecule has 0 saturated carbocycles. The Morgan fingerprint density at radius 3 is 1.61 bits per heavy atom. The molecule has 0 saturated heterocycles. The minimum Gasteiger partial charge on any atom is -0.465 e. The number of methoxy groups -OCH3 is 2. The van der Waals surface area contributed by atoms with Crippen LogP contribution >= 0.6 is 0 Å². The van der Waals surface area contributed by atoms with Crippen LogP contribution in [0.4, 0.5) is 5.69 Å². The summed E-state index contributed by atoms with van der Waals surface area (Å²) in [4.78, 5) is 42.4. The van der Waals surface area contributed by atoms with Crippen molar-refractivity contribution in [2.75, 3.05) is 14.2 Å². The van der Waals surface area contributed by atoms with Gasteiger partial charge in [0.1, 0.15) is 29.0 Å². The summed E-state index contributed by atoms with van der Waals surface area (Å²) in [6, 6.07) is 12.0. The first kappa shape index (κ1) is 21.2. The largest absolute Gasteiger partial charge is 0.465 e. The van der Waals surface area contributed by atoms with Crippen LogP contribution < -0.4 is 9.47 Å². The predicted octanol–water partition coefficient (Wildman–Crippen LogP) is 3.54. The van der Waals surface area contributed by atoms with Crippen LogP contribution in [-0.2, 0) is 9.47 Å². The lowest BCUT2D eigenvalue weighted by Crippen LogP contribution is -2.07. The first-order chi connectivity index (χ1) is 15.0. The summed E-state index contributed by atoms with van der Waals surface area (Å²) in [5.74, 6) is -2.37. The van der Waals surface area contributed by atoms with Crippen LogP contribution in [0.2, 0.25) is 0 Å². The average Bonchev–Trinajstić information content (AvgIpc) is 2.78. The average molecular weight is 425 g/mol. The van der Waals surface area contributed by atoms with E-state index >= 15 is 0 Å². The van der Waals surface area contributed by atoms with Gasteiger partial charge in [-0.05, 0) is 24.3 Å². The molecule has 0 bridgehead atoms. The molecule has 3 aromatic rings. The Balaban J connectivity index is 2.04. The zero-order chi connectivity index (χ0) is 22.4. The van der Waals surface area contributed by atoms with Crippen LogP contribution in [0.5, 0.6) is 23.3 Å². The number of hydrogen-bond donors (Lipinski definition) is 0. The van der Waals surface area contributed by atoms with E-state index in [1.54, 1.807) is 24.3 Å². The van der Waals surface area contributed by atoms with E-state index in [-0.39, 0.29) is 22.6 Å². The summed E-state index contributed by atoms with van der Waals surface area (Å²) in [7, 11) is 2.38. The third-order valence-electron chi connectivity index (χ3n) is 3.94. The van der Waals surface area contributed by atoms with Gasteiger partial charge in [-0.2, -0.15) is 9.97 Å². The summed E-state index contributed by atoms with van der Waals surface area (Å²) < 4.78 is 20.4. The first-order valence-corrected chi connectivity index (χ1v) is 8.66. The molecule has 2 aromatic carbocycles. The zero-order valence-corrected chi connectivity index (χ0v) is 16.3. The van der Waals surface area contributed by atoms with E-state index in [9.17, 15) is 19.7 Å². The van der Waals surface area contributed by atoms with Crippen molar-refractivity contribution in [2.24, 2.45) is 0 Å². The maximum absolute atomic E-state index is 11.9. The molecule has 0 radical (unpaired) electrons. The molecule has 0 aliphatic rings. The number of para-hydroxylation sites is 2. The van der Waals surface area contributed by atoms with E-state index in [0.717, 1.165) is 6.33 Å². The van der Waals surface area contributed by atoms with Gasteiger partial charge in [0, 0.05) is 0 Å². The van der Waals surface area contributed by atoms with Crippen LogP contribution in [0.3, 0.4) is 0 Å². The van der Waals surface area contributed by atoms with Crippen molar-refractivity contribution in [1.82, 2.24) is 9.97 Å². The second kappa shape index (κ2) is 9.31. The summed E-state index contributed by atoms with van der Waals surface area (Å²) in [5.41, 5.74) is -0.630. The Labute approximate surface area is 175 Å². The summed E-state index contributed by atoms with van der Waals surface area (Å²) in [6.07, 6.45) is 0.985. The predicted molar refractivity (Wildman–Crippen MR) is 104 cm³/mol. The van der Waals surface area contributed by atoms with Crippen molar-refractivity contribution in [3.8, 4) is 23.3 Å². The molecule has 158 valence electrons. The summed E-state index contributed by atoms with van der Waals surface area (Å²) in [6.45, 7) is 0. The van der Waals surface area contributed by atoms with E-state index in [2.05, 4.69) is 19.4 Å². The number of ether oxygens (including phenoxy) is 4. The number of aromatic nitrogens is 2. The number of esters is 2. The fraction of sp³-hybridized carbons (Fsp3) is 0.100. The van der Waals surface area contributed by atoms with Crippen LogP contribution in [0.15, 0.2) is 54.9 Å².